The summed E-state index contributed by atoms with van der Waals surface area (Å²) in [4.78, 5) is 15.2. The molecule has 3 aromatic rings. The number of nitrogens with one attached hydrogen (secondary N) is 1. The largest absolute Gasteiger partial charge is 0.316 e. The minimum Gasteiger partial charge on any atom is -0.316 e. The van der Waals surface area contributed by atoms with Gasteiger partial charge in [0.25, 0.3) is 0 Å². The Morgan fingerprint density at radius 1 is 1.50 bits per heavy atom. The molecular formula is C23H25N5OS3. The molecule has 0 saturated heterocycles. The van der Waals surface area contributed by atoms with Crippen molar-refractivity contribution in [2.75, 3.05) is 11.1 Å². The standard InChI is InChI=1S/C23H25N5OS3/c1-4-8-28-21(16-9-14(3)30-12-16)26-27-23(28)31-13-20(29)25-22-18(11-24)17-7-6-15(5-2)10-19(17)32-22/h4,9,12,15H,1,5-8,10,13H2,2-3H3,(H,25,29). The van der Waals surface area contributed by atoms with Gasteiger partial charge >= 0.3 is 0 Å². The van der Waals surface area contributed by atoms with Crippen LogP contribution in [-0.4, -0.2) is 26.4 Å². The van der Waals surface area contributed by atoms with Crippen molar-refractivity contribution in [3.8, 4) is 17.5 Å². The second kappa shape index (κ2) is 10.0. The number of nitriles is 1. The SMILES string of the molecule is C=CCn1c(SCC(=O)Nc2sc3c(c2C#N)CCC(CC)C3)nnc1-c1csc(C)c1. The molecule has 4 rings (SSSR count). The van der Waals surface area contributed by atoms with Gasteiger partial charge in [-0.3, -0.25) is 9.36 Å². The summed E-state index contributed by atoms with van der Waals surface area (Å²) in [5.41, 5.74) is 2.79. The van der Waals surface area contributed by atoms with Gasteiger partial charge < -0.3 is 5.32 Å². The minimum absolute atomic E-state index is 0.141. The Labute approximate surface area is 200 Å². The lowest BCUT2D eigenvalue weighted by Crippen LogP contribution is -2.15. The fourth-order valence-electron chi connectivity index (χ4n) is 3.97. The molecule has 9 heteroatoms. The second-order valence-electron chi connectivity index (χ2n) is 7.83. The molecular weight excluding hydrogens is 458 g/mol. The maximum absolute atomic E-state index is 12.7. The molecule has 166 valence electrons. The normalized spacial score (nSPS) is 15.2. The summed E-state index contributed by atoms with van der Waals surface area (Å²) < 4.78 is 1.97. The number of fused-ring (bicyclic) bond motifs is 1. The number of nitrogens with zero attached hydrogens (tertiary/aromatic N) is 4. The Bertz CT molecular complexity index is 1180. The number of carbonyl (C=O) groups is 1. The van der Waals surface area contributed by atoms with Gasteiger partial charge in [-0.1, -0.05) is 31.2 Å². The predicted octanol–water partition coefficient (Wildman–Crippen LogP) is 5.68. The van der Waals surface area contributed by atoms with E-state index in [9.17, 15) is 10.1 Å². The van der Waals surface area contributed by atoms with Gasteiger partial charge in [-0.05, 0) is 43.7 Å². The number of allylic oxidation sites excluding steroid dienone is 1. The zero-order valence-corrected chi connectivity index (χ0v) is 20.6. The Hall–Kier alpha value is -2.41. The zero-order valence-electron chi connectivity index (χ0n) is 18.2. The third kappa shape index (κ3) is 4.68. The second-order valence-corrected chi connectivity index (χ2v) is 11.0. The first-order valence-electron chi connectivity index (χ1n) is 10.6. The Morgan fingerprint density at radius 3 is 3.03 bits per heavy atom. The number of aryl methyl sites for hydroxylation is 1. The van der Waals surface area contributed by atoms with Crippen molar-refractivity contribution in [3.05, 3.63) is 45.0 Å². The van der Waals surface area contributed by atoms with Crippen molar-refractivity contribution in [2.24, 2.45) is 5.92 Å². The van der Waals surface area contributed by atoms with E-state index >= 15 is 0 Å². The topological polar surface area (TPSA) is 83.6 Å². The average molecular weight is 484 g/mol. The predicted molar refractivity (Wildman–Crippen MR) is 132 cm³/mol. The molecule has 0 aromatic carbocycles. The molecule has 6 nitrogen and oxygen atoms in total. The van der Waals surface area contributed by atoms with Crippen LogP contribution in [0.3, 0.4) is 0 Å². The third-order valence-corrected chi connectivity index (χ3v) is 8.66. The number of carbonyl (C=O) groups excluding carboxylic acids is 1. The average Bonchev–Trinajstić information content (AvgIpc) is 3.48. The summed E-state index contributed by atoms with van der Waals surface area (Å²) in [7, 11) is 0. The van der Waals surface area contributed by atoms with Crippen LogP contribution in [0, 0.1) is 24.2 Å². The molecule has 3 aromatic heterocycles. The number of aromatic nitrogens is 3. The molecule has 1 unspecified atom stereocenters. The Kier molecular flexibility index (Phi) is 7.13. The molecule has 1 atom stereocenters. The quantitative estimate of drug-likeness (QED) is 0.329. The molecule has 1 N–H and O–H groups in total. The molecule has 1 amide bonds. The van der Waals surface area contributed by atoms with Crippen LogP contribution in [0.1, 0.15) is 40.6 Å². The molecule has 3 heterocycles. The van der Waals surface area contributed by atoms with Gasteiger partial charge in [-0.15, -0.1) is 39.4 Å². The van der Waals surface area contributed by atoms with Crippen molar-refractivity contribution < 1.29 is 4.79 Å². The van der Waals surface area contributed by atoms with Crippen LogP contribution in [0.15, 0.2) is 29.3 Å². The van der Waals surface area contributed by atoms with Crippen molar-refractivity contribution in [3.63, 3.8) is 0 Å². The summed E-state index contributed by atoms with van der Waals surface area (Å²) in [6, 6.07) is 4.40. The van der Waals surface area contributed by atoms with Crippen LogP contribution in [0.25, 0.3) is 11.4 Å². The summed E-state index contributed by atoms with van der Waals surface area (Å²) in [6.07, 6.45) is 5.99. The van der Waals surface area contributed by atoms with Crippen LogP contribution in [0.2, 0.25) is 0 Å². The molecule has 1 aliphatic rings. The van der Waals surface area contributed by atoms with E-state index in [1.807, 2.05) is 4.57 Å². The summed E-state index contributed by atoms with van der Waals surface area (Å²) in [6.45, 7) is 8.67. The van der Waals surface area contributed by atoms with Gasteiger partial charge in [0.05, 0.1) is 11.3 Å². The molecule has 1 aliphatic carbocycles. The summed E-state index contributed by atoms with van der Waals surface area (Å²) in [5.74, 6) is 1.51. The number of hydrogen-bond donors (Lipinski definition) is 1. The van der Waals surface area contributed by atoms with Gasteiger partial charge in [0.15, 0.2) is 11.0 Å². The number of thioether (sulfide) groups is 1. The molecule has 0 fully saturated rings. The van der Waals surface area contributed by atoms with Crippen molar-refractivity contribution >= 4 is 45.3 Å². The fourth-order valence-corrected chi connectivity index (χ4v) is 6.72. The molecule has 0 saturated carbocycles. The van der Waals surface area contributed by atoms with Crippen LogP contribution in [0.4, 0.5) is 5.00 Å². The van der Waals surface area contributed by atoms with Crippen molar-refractivity contribution in [2.45, 2.75) is 51.2 Å². The van der Waals surface area contributed by atoms with Crippen molar-refractivity contribution in [1.29, 1.82) is 5.26 Å². The number of thiophene rings is 2. The van der Waals surface area contributed by atoms with Gasteiger partial charge in [0.2, 0.25) is 5.91 Å². The van der Waals surface area contributed by atoms with Crippen LogP contribution in [-0.2, 0) is 24.2 Å². The maximum Gasteiger partial charge on any atom is 0.235 e. The molecule has 0 bridgehead atoms. The maximum atomic E-state index is 12.7. The molecule has 32 heavy (non-hydrogen) atoms. The smallest absolute Gasteiger partial charge is 0.235 e. The third-order valence-electron chi connectivity index (χ3n) is 5.66. The number of rotatable bonds is 8. The van der Waals surface area contributed by atoms with Crippen LogP contribution < -0.4 is 5.32 Å². The van der Waals surface area contributed by atoms with Gasteiger partial charge in [0.1, 0.15) is 11.1 Å². The van der Waals surface area contributed by atoms with E-state index in [4.69, 9.17) is 0 Å². The first-order chi connectivity index (χ1) is 15.5. The van der Waals surface area contributed by atoms with E-state index < -0.39 is 0 Å². The van der Waals surface area contributed by atoms with E-state index in [-0.39, 0.29) is 11.7 Å². The van der Waals surface area contributed by atoms with E-state index in [1.165, 1.54) is 21.5 Å². The lowest BCUT2D eigenvalue weighted by molar-refractivity contribution is -0.113. The van der Waals surface area contributed by atoms with E-state index in [0.29, 0.717) is 28.2 Å². The summed E-state index contributed by atoms with van der Waals surface area (Å²) >= 11 is 4.57. The first-order valence-corrected chi connectivity index (χ1v) is 13.3. The molecule has 0 aliphatic heterocycles. The van der Waals surface area contributed by atoms with E-state index in [0.717, 1.165) is 42.6 Å². The highest BCUT2D eigenvalue weighted by molar-refractivity contribution is 7.99. The first kappa shape index (κ1) is 22.8. The van der Waals surface area contributed by atoms with E-state index in [1.54, 1.807) is 28.7 Å². The summed E-state index contributed by atoms with van der Waals surface area (Å²) in [5, 5.41) is 24.7. The van der Waals surface area contributed by atoms with Gasteiger partial charge in [-0.25, -0.2) is 0 Å². The number of amides is 1. The number of hydrogen-bond acceptors (Lipinski definition) is 7. The lowest BCUT2D eigenvalue weighted by Gasteiger charge is -2.20. The zero-order chi connectivity index (χ0) is 22.7. The minimum atomic E-state index is -0.141. The van der Waals surface area contributed by atoms with Gasteiger partial charge in [0, 0.05) is 27.2 Å². The fraction of sp³-hybridized carbons (Fsp3) is 0.391. The Balaban J connectivity index is 1.46. The highest BCUT2D eigenvalue weighted by Crippen LogP contribution is 2.40. The van der Waals surface area contributed by atoms with Crippen LogP contribution >= 0.6 is 34.4 Å². The highest BCUT2D eigenvalue weighted by Gasteiger charge is 2.26. The van der Waals surface area contributed by atoms with Crippen LogP contribution in [0.5, 0.6) is 0 Å². The molecule has 0 spiro atoms. The lowest BCUT2D eigenvalue weighted by atomic mass is 9.86. The Morgan fingerprint density at radius 2 is 2.34 bits per heavy atom. The number of anilines is 1. The van der Waals surface area contributed by atoms with Gasteiger partial charge in [-0.2, -0.15) is 5.26 Å². The highest BCUT2D eigenvalue weighted by atomic mass is 32.2. The van der Waals surface area contributed by atoms with E-state index in [2.05, 4.69) is 53.5 Å². The molecule has 0 radical (unpaired) electrons. The monoisotopic (exact) mass is 483 g/mol. The van der Waals surface area contributed by atoms with Crippen molar-refractivity contribution in [1.82, 2.24) is 14.8 Å².